The summed E-state index contributed by atoms with van der Waals surface area (Å²) in [7, 11) is 0. The van der Waals surface area contributed by atoms with Crippen LogP contribution in [0.3, 0.4) is 0 Å². The summed E-state index contributed by atoms with van der Waals surface area (Å²) in [5, 5.41) is 2.98. The van der Waals surface area contributed by atoms with E-state index in [0.29, 0.717) is 25.8 Å². The normalized spacial score (nSPS) is 11.9. The first-order chi connectivity index (χ1) is 14.3. The first-order valence-corrected chi connectivity index (χ1v) is 11.1. The molecule has 2 rings (SSSR count). The van der Waals surface area contributed by atoms with Crippen molar-refractivity contribution in [2.45, 2.75) is 78.9 Å². The van der Waals surface area contributed by atoms with E-state index in [-0.39, 0.29) is 17.9 Å². The van der Waals surface area contributed by atoms with Gasteiger partial charge < -0.3 is 10.2 Å². The molecule has 0 aliphatic carbocycles. The molecule has 0 saturated heterocycles. The molecule has 0 radical (unpaired) electrons. The monoisotopic (exact) mass is 408 g/mol. The molecule has 0 unspecified atom stereocenters. The third-order valence-corrected chi connectivity index (χ3v) is 5.48. The molecule has 0 bridgehead atoms. The molecule has 0 fully saturated rings. The number of rotatable bonds is 10. The molecular weight excluding hydrogens is 372 g/mol. The smallest absolute Gasteiger partial charge is 0.243 e. The Morgan fingerprint density at radius 3 is 2.17 bits per heavy atom. The molecule has 162 valence electrons. The average Bonchev–Trinajstić information content (AvgIpc) is 2.73. The van der Waals surface area contributed by atoms with Gasteiger partial charge in [0, 0.05) is 19.0 Å². The number of carbonyl (C=O) groups is 2. The van der Waals surface area contributed by atoms with Crippen molar-refractivity contribution >= 4 is 11.8 Å². The standard InChI is InChI=1S/C26H36N2O2/c1-6-21-12-14-22(15-13-21)16-17-25(29)28(18-23-11-9-8-10-20(23)5)24(7-2)26(30)27-19(3)4/h8-15,19,24H,6-7,16-18H2,1-5H3,(H,27,30)/t24-/m1/s1. The fourth-order valence-corrected chi connectivity index (χ4v) is 3.61. The van der Waals surface area contributed by atoms with Crippen LogP contribution in [0.1, 0.15) is 62.8 Å². The van der Waals surface area contributed by atoms with Crippen molar-refractivity contribution in [3.8, 4) is 0 Å². The highest BCUT2D eigenvalue weighted by Crippen LogP contribution is 2.18. The molecule has 2 amide bonds. The van der Waals surface area contributed by atoms with Gasteiger partial charge in [-0.1, -0.05) is 62.4 Å². The van der Waals surface area contributed by atoms with Crippen LogP contribution in [0, 0.1) is 6.92 Å². The van der Waals surface area contributed by atoms with E-state index in [9.17, 15) is 9.59 Å². The summed E-state index contributed by atoms with van der Waals surface area (Å²) in [6.45, 7) is 10.5. The first kappa shape index (κ1) is 23.7. The molecule has 0 heterocycles. The fraction of sp³-hybridized carbons (Fsp3) is 0.462. The zero-order chi connectivity index (χ0) is 22.1. The predicted molar refractivity (Wildman–Crippen MR) is 123 cm³/mol. The number of benzene rings is 2. The summed E-state index contributed by atoms with van der Waals surface area (Å²) >= 11 is 0. The molecule has 0 saturated carbocycles. The van der Waals surface area contributed by atoms with Crippen molar-refractivity contribution in [2.75, 3.05) is 0 Å². The maximum Gasteiger partial charge on any atom is 0.243 e. The Bertz CT molecular complexity index is 827. The van der Waals surface area contributed by atoms with Crippen molar-refractivity contribution in [1.82, 2.24) is 10.2 Å². The molecule has 0 aromatic heterocycles. The lowest BCUT2D eigenvalue weighted by Gasteiger charge is -2.31. The summed E-state index contributed by atoms with van der Waals surface area (Å²) < 4.78 is 0. The molecule has 0 aliphatic rings. The molecule has 0 aliphatic heterocycles. The van der Waals surface area contributed by atoms with Crippen LogP contribution < -0.4 is 5.32 Å². The van der Waals surface area contributed by atoms with Gasteiger partial charge in [-0.15, -0.1) is 0 Å². The van der Waals surface area contributed by atoms with E-state index in [1.807, 2.05) is 52.0 Å². The maximum atomic E-state index is 13.3. The lowest BCUT2D eigenvalue weighted by atomic mass is 10.0. The molecule has 2 aromatic carbocycles. The van der Waals surface area contributed by atoms with Gasteiger partial charge in [0.2, 0.25) is 11.8 Å². The van der Waals surface area contributed by atoms with Crippen LogP contribution in [-0.2, 0) is 29.0 Å². The van der Waals surface area contributed by atoms with Gasteiger partial charge in [-0.2, -0.15) is 0 Å². The summed E-state index contributed by atoms with van der Waals surface area (Å²) in [5.41, 5.74) is 4.65. The largest absolute Gasteiger partial charge is 0.352 e. The highest BCUT2D eigenvalue weighted by Gasteiger charge is 2.29. The number of nitrogens with zero attached hydrogens (tertiary/aromatic N) is 1. The minimum Gasteiger partial charge on any atom is -0.352 e. The van der Waals surface area contributed by atoms with Crippen molar-refractivity contribution < 1.29 is 9.59 Å². The first-order valence-electron chi connectivity index (χ1n) is 11.1. The van der Waals surface area contributed by atoms with Crippen LogP contribution in [0.4, 0.5) is 0 Å². The Hall–Kier alpha value is -2.62. The number of aryl methyl sites for hydroxylation is 3. The van der Waals surface area contributed by atoms with Crippen LogP contribution in [-0.4, -0.2) is 28.8 Å². The Balaban J connectivity index is 2.20. The number of hydrogen-bond acceptors (Lipinski definition) is 2. The lowest BCUT2D eigenvalue weighted by Crippen LogP contribution is -2.50. The Kier molecular flexibility index (Phi) is 9.10. The second kappa shape index (κ2) is 11.5. The SMILES string of the molecule is CCc1ccc(CCC(=O)N(Cc2ccccc2C)[C@H](CC)C(=O)NC(C)C)cc1. The van der Waals surface area contributed by atoms with Crippen molar-refractivity contribution in [3.05, 3.63) is 70.8 Å². The van der Waals surface area contributed by atoms with Crippen LogP contribution in [0.25, 0.3) is 0 Å². The van der Waals surface area contributed by atoms with Crippen molar-refractivity contribution in [3.63, 3.8) is 0 Å². The highest BCUT2D eigenvalue weighted by molar-refractivity contribution is 5.87. The van der Waals surface area contributed by atoms with Gasteiger partial charge in [0.05, 0.1) is 0 Å². The van der Waals surface area contributed by atoms with E-state index in [0.717, 1.165) is 23.1 Å². The van der Waals surface area contributed by atoms with E-state index >= 15 is 0 Å². The van der Waals surface area contributed by atoms with Gasteiger partial charge >= 0.3 is 0 Å². The lowest BCUT2D eigenvalue weighted by molar-refractivity contribution is -0.141. The molecule has 2 aromatic rings. The van der Waals surface area contributed by atoms with E-state index in [1.54, 1.807) is 4.90 Å². The average molecular weight is 409 g/mol. The van der Waals surface area contributed by atoms with E-state index in [4.69, 9.17) is 0 Å². The van der Waals surface area contributed by atoms with Gasteiger partial charge in [-0.05, 0) is 62.3 Å². The van der Waals surface area contributed by atoms with Gasteiger partial charge in [0.1, 0.15) is 6.04 Å². The summed E-state index contributed by atoms with van der Waals surface area (Å²) in [6.07, 6.45) is 2.66. The van der Waals surface area contributed by atoms with Crippen LogP contribution in [0.5, 0.6) is 0 Å². The summed E-state index contributed by atoms with van der Waals surface area (Å²) in [6, 6.07) is 16.1. The Morgan fingerprint density at radius 2 is 1.60 bits per heavy atom. The quantitative estimate of drug-likeness (QED) is 0.613. The minimum atomic E-state index is -0.470. The molecule has 0 spiro atoms. The molecule has 1 N–H and O–H groups in total. The minimum absolute atomic E-state index is 0.0172. The van der Waals surface area contributed by atoms with Gasteiger partial charge in [-0.25, -0.2) is 0 Å². The van der Waals surface area contributed by atoms with Crippen LogP contribution >= 0.6 is 0 Å². The summed E-state index contributed by atoms with van der Waals surface area (Å²) in [5.74, 6) is -0.0645. The fourth-order valence-electron chi connectivity index (χ4n) is 3.61. The molecule has 1 atom stereocenters. The van der Waals surface area contributed by atoms with Crippen LogP contribution in [0.2, 0.25) is 0 Å². The third kappa shape index (κ3) is 6.72. The summed E-state index contributed by atoms with van der Waals surface area (Å²) in [4.78, 5) is 27.9. The number of amides is 2. The molecule has 30 heavy (non-hydrogen) atoms. The van der Waals surface area contributed by atoms with Gasteiger partial charge in [-0.3, -0.25) is 9.59 Å². The van der Waals surface area contributed by atoms with Crippen molar-refractivity contribution in [2.24, 2.45) is 0 Å². The number of carbonyl (C=O) groups excluding carboxylic acids is 2. The second-order valence-corrected chi connectivity index (χ2v) is 8.21. The zero-order valence-electron chi connectivity index (χ0n) is 19.1. The van der Waals surface area contributed by atoms with E-state index in [1.165, 1.54) is 5.56 Å². The molecule has 4 nitrogen and oxygen atoms in total. The third-order valence-electron chi connectivity index (χ3n) is 5.48. The zero-order valence-corrected chi connectivity index (χ0v) is 19.1. The van der Waals surface area contributed by atoms with Crippen molar-refractivity contribution in [1.29, 1.82) is 0 Å². The Labute approximate surface area is 181 Å². The van der Waals surface area contributed by atoms with Gasteiger partial charge in [0.15, 0.2) is 0 Å². The molecule has 4 heteroatoms. The van der Waals surface area contributed by atoms with Crippen LogP contribution in [0.15, 0.2) is 48.5 Å². The topological polar surface area (TPSA) is 49.4 Å². The van der Waals surface area contributed by atoms with E-state index in [2.05, 4.69) is 36.5 Å². The molecular formula is C26H36N2O2. The van der Waals surface area contributed by atoms with Gasteiger partial charge in [0.25, 0.3) is 0 Å². The number of hydrogen-bond donors (Lipinski definition) is 1. The maximum absolute atomic E-state index is 13.3. The predicted octanol–water partition coefficient (Wildman–Crippen LogP) is 4.82. The Morgan fingerprint density at radius 1 is 0.967 bits per heavy atom. The highest BCUT2D eigenvalue weighted by atomic mass is 16.2. The number of nitrogens with one attached hydrogen (secondary N) is 1. The second-order valence-electron chi connectivity index (χ2n) is 8.21. The van der Waals surface area contributed by atoms with E-state index < -0.39 is 6.04 Å².